The molecule has 0 bridgehead atoms. The predicted molar refractivity (Wildman–Crippen MR) is 114 cm³/mol. The lowest BCUT2D eigenvalue weighted by Gasteiger charge is -2.20. The van der Waals surface area contributed by atoms with E-state index in [0.717, 1.165) is 16.9 Å². The molecule has 0 aliphatic carbocycles. The quantitative estimate of drug-likeness (QED) is 0.607. The van der Waals surface area contributed by atoms with Gasteiger partial charge in [-0.1, -0.05) is 58.1 Å². The third-order valence-electron chi connectivity index (χ3n) is 4.06. The zero-order valence-electron chi connectivity index (χ0n) is 17.5. The lowest BCUT2D eigenvalue weighted by molar-refractivity contribution is -0.123. The fraction of sp³-hybridized carbons (Fsp3) is 0.526. The molecular weight excluding hydrogens is 412 g/mol. The SMILES string of the molecule is COc1ccc(C(CC(C)C)NS(=O)(=O)c2nnc(NC(=O)C(C)(C)C)s2)cc1. The van der Waals surface area contributed by atoms with Gasteiger partial charge in [-0.25, -0.2) is 13.1 Å². The predicted octanol–water partition coefficient (Wildman–Crippen LogP) is 3.60. The topological polar surface area (TPSA) is 110 Å². The Morgan fingerprint density at radius 3 is 2.31 bits per heavy atom. The molecule has 0 aliphatic heterocycles. The van der Waals surface area contributed by atoms with Crippen molar-refractivity contribution in [1.29, 1.82) is 0 Å². The van der Waals surface area contributed by atoms with E-state index in [2.05, 4.69) is 20.2 Å². The average molecular weight is 441 g/mol. The number of methoxy groups -OCH3 is 1. The van der Waals surface area contributed by atoms with Gasteiger partial charge in [0.15, 0.2) is 0 Å². The van der Waals surface area contributed by atoms with E-state index in [-0.39, 0.29) is 21.3 Å². The van der Waals surface area contributed by atoms with Crippen molar-refractivity contribution in [2.24, 2.45) is 11.3 Å². The highest BCUT2D eigenvalue weighted by atomic mass is 32.2. The second-order valence-electron chi connectivity index (χ2n) is 8.15. The van der Waals surface area contributed by atoms with E-state index in [4.69, 9.17) is 4.74 Å². The molecule has 1 aromatic carbocycles. The number of nitrogens with zero attached hydrogens (tertiary/aromatic N) is 2. The molecular formula is C19H28N4O4S2. The minimum atomic E-state index is -3.91. The van der Waals surface area contributed by atoms with Gasteiger partial charge in [0.1, 0.15) is 5.75 Å². The number of amides is 1. The highest BCUT2D eigenvalue weighted by molar-refractivity contribution is 7.91. The number of rotatable bonds is 8. The first-order chi connectivity index (χ1) is 13.4. The van der Waals surface area contributed by atoms with Crippen LogP contribution in [0.4, 0.5) is 5.13 Å². The molecule has 29 heavy (non-hydrogen) atoms. The van der Waals surface area contributed by atoms with Crippen molar-refractivity contribution < 1.29 is 17.9 Å². The summed E-state index contributed by atoms with van der Waals surface area (Å²) in [5, 5.41) is 10.3. The van der Waals surface area contributed by atoms with E-state index in [1.807, 2.05) is 26.0 Å². The largest absolute Gasteiger partial charge is 0.497 e. The molecule has 0 saturated carbocycles. The van der Waals surface area contributed by atoms with Crippen molar-refractivity contribution >= 4 is 32.4 Å². The second kappa shape index (κ2) is 9.19. The number of carbonyl (C=O) groups excluding carboxylic acids is 1. The first-order valence-corrected chi connectivity index (χ1v) is 11.5. The molecule has 1 amide bonds. The Morgan fingerprint density at radius 2 is 1.79 bits per heavy atom. The summed E-state index contributed by atoms with van der Waals surface area (Å²) in [4.78, 5) is 12.1. The van der Waals surface area contributed by atoms with Gasteiger partial charge in [-0.05, 0) is 30.0 Å². The average Bonchev–Trinajstić information content (AvgIpc) is 3.09. The van der Waals surface area contributed by atoms with Crippen LogP contribution in [0.15, 0.2) is 28.6 Å². The number of carbonyl (C=O) groups is 1. The minimum Gasteiger partial charge on any atom is -0.497 e. The molecule has 1 atom stereocenters. The Labute approximate surface area is 176 Å². The van der Waals surface area contributed by atoms with Gasteiger partial charge in [-0.2, -0.15) is 0 Å². The van der Waals surface area contributed by atoms with Crippen molar-refractivity contribution in [1.82, 2.24) is 14.9 Å². The first kappa shape index (κ1) is 23.2. The van der Waals surface area contributed by atoms with E-state index >= 15 is 0 Å². The fourth-order valence-electron chi connectivity index (χ4n) is 2.45. The third-order valence-corrected chi connectivity index (χ3v) is 6.74. The fourth-order valence-corrected chi connectivity index (χ4v) is 4.60. The molecule has 10 heteroatoms. The standard InChI is InChI=1S/C19H28N4O4S2/c1-12(2)11-15(13-7-9-14(27-6)10-8-13)23-29(25,26)18-22-21-17(28-18)20-16(24)19(3,4)5/h7-10,12,15,23H,11H2,1-6H3,(H,20,21,24). The number of anilines is 1. The molecule has 160 valence electrons. The number of ether oxygens (including phenoxy) is 1. The van der Waals surface area contributed by atoms with Crippen molar-refractivity contribution in [2.45, 2.75) is 51.4 Å². The van der Waals surface area contributed by atoms with Crippen molar-refractivity contribution in [3.63, 3.8) is 0 Å². The van der Waals surface area contributed by atoms with Crippen molar-refractivity contribution in [2.75, 3.05) is 12.4 Å². The van der Waals surface area contributed by atoms with Crippen LogP contribution in [0.3, 0.4) is 0 Å². The number of hydrogen-bond donors (Lipinski definition) is 2. The van der Waals surface area contributed by atoms with Crippen LogP contribution >= 0.6 is 11.3 Å². The van der Waals surface area contributed by atoms with Crippen LogP contribution in [0.1, 0.15) is 52.6 Å². The highest BCUT2D eigenvalue weighted by Gasteiger charge is 2.28. The molecule has 2 rings (SSSR count). The van der Waals surface area contributed by atoms with Gasteiger partial charge < -0.3 is 10.1 Å². The Kier molecular flexibility index (Phi) is 7.36. The molecule has 8 nitrogen and oxygen atoms in total. The summed E-state index contributed by atoms with van der Waals surface area (Å²) in [6.45, 7) is 9.32. The smallest absolute Gasteiger partial charge is 0.270 e. The normalized spacial score (nSPS) is 13.3. The molecule has 1 heterocycles. The monoisotopic (exact) mass is 440 g/mol. The zero-order valence-corrected chi connectivity index (χ0v) is 19.1. The van der Waals surface area contributed by atoms with Crippen LogP contribution in [-0.2, 0) is 14.8 Å². The Hall–Kier alpha value is -2.04. The van der Waals surface area contributed by atoms with Crippen LogP contribution in [0.25, 0.3) is 0 Å². The van der Waals surface area contributed by atoms with E-state index in [1.54, 1.807) is 40.0 Å². The molecule has 0 spiro atoms. The lowest BCUT2D eigenvalue weighted by Crippen LogP contribution is -2.29. The van der Waals surface area contributed by atoms with Crippen LogP contribution in [0, 0.1) is 11.3 Å². The second-order valence-corrected chi connectivity index (χ2v) is 11.0. The maximum absolute atomic E-state index is 12.9. The van der Waals surface area contributed by atoms with Gasteiger partial charge in [0, 0.05) is 11.5 Å². The van der Waals surface area contributed by atoms with Gasteiger partial charge in [0.2, 0.25) is 15.4 Å². The van der Waals surface area contributed by atoms with E-state index in [1.165, 1.54) is 0 Å². The van der Waals surface area contributed by atoms with Crippen LogP contribution < -0.4 is 14.8 Å². The van der Waals surface area contributed by atoms with Crippen LogP contribution in [0.2, 0.25) is 0 Å². The van der Waals surface area contributed by atoms with Gasteiger partial charge >= 0.3 is 0 Å². The Morgan fingerprint density at radius 1 is 1.17 bits per heavy atom. The number of nitrogens with one attached hydrogen (secondary N) is 2. The molecule has 1 unspecified atom stereocenters. The summed E-state index contributed by atoms with van der Waals surface area (Å²) >= 11 is 0.822. The first-order valence-electron chi connectivity index (χ1n) is 9.23. The lowest BCUT2D eigenvalue weighted by atomic mass is 9.96. The Bertz CT molecular complexity index is 932. The summed E-state index contributed by atoms with van der Waals surface area (Å²) in [5.41, 5.74) is 0.202. The molecule has 2 N–H and O–H groups in total. The summed E-state index contributed by atoms with van der Waals surface area (Å²) in [7, 11) is -2.33. The van der Waals surface area contributed by atoms with Crippen LogP contribution in [-0.4, -0.2) is 31.6 Å². The molecule has 0 fully saturated rings. The van der Waals surface area contributed by atoms with Gasteiger partial charge in [0.25, 0.3) is 10.0 Å². The van der Waals surface area contributed by atoms with E-state index in [9.17, 15) is 13.2 Å². The molecule has 2 aromatic rings. The number of hydrogen-bond acceptors (Lipinski definition) is 7. The van der Waals surface area contributed by atoms with Gasteiger partial charge in [-0.3, -0.25) is 4.79 Å². The number of aromatic nitrogens is 2. The summed E-state index contributed by atoms with van der Waals surface area (Å²) < 4.78 is 33.4. The van der Waals surface area contributed by atoms with Gasteiger partial charge in [-0.15, -0.1) is 10.2 Å². The minimum absolute atomic E-state index is 0.148. The summed E-state index contributed by atoms with van der Waals surface area (Å²) in [6, 6.07) is 6.83. The van der Waals surface area contributed by atoms with E-state index in [0.29, 0.717) is 12.2 Å². The van der Waals surface area contributed by atoms with Crippen molar-refractivity contribution in [3.05, 3.63) is 29.8 Å². The number of benzene rings is 1. The zero-order chi connectivity index (χ0) is 21.8. The molecule has 0 saturated heterocycles. The summed E-state index contributed by atoms with van der Waals surface area (Å²) in [6.07, 6.45) is 0.609. The van der Waals surface area contributed by atoms with Gasteiger partial charge in [0.05, 0.1) is 7.11 Å². The molecule has 0 aliphatic rings. The summed E-state index contributed by atoms with van der Waals surface area (Å²) in [5.74, 6) is 0.700. The van der Waals surface area contributed by atoms with Crippen molar-refractivity contribution in [3.8, 4) is 5.75 Å². The van der Waals surface area contributed by atoms with Crippen LogP contribution in [0.5, 0.6) is 5.75 Å². The molecule has 1 aromatic heterocycles. The Balaban J connectivity index is 2.22. The maximum atomic E-state index is 12.9. The van der Waals surface area contributed by atoms with E-state index < -0.39 is 21.5 Å². The highest BCUT2D eigenvalue weighted by Crippen LogP contribution is 2.28. The number of sulfonamides is 1. The molecule has 0 radical (unpaired) electrons. The maximum Gasteiger partial charge on any atom is 0.270 e. The third kappa shape index (κ3) is 6.48.